The maximum Gasteiger partial charge on any atom is 0.573 e. The molecule has 100 valence electrons. The first-order chi connectivity index (χ1) is 8.30. The van der Waals surface area contributed by atoms with Crippen LogP contribution in [0.2, 0.25) is 0 Å². The highest BCUT2D eigenvalue weighted by molar-refractivity contribution is 5.91. The summed E-state index contributed by atoms with van der Waals surface area (Å²) in [6.07, 6.45) is -3.78. The third kappa shape index (κ3) is 3.10. The average Bonchev–Trinajstić information content (AvgIpc) is 2.29. The van der Waals surface area contributed by atoms with Gasteiger partial charge in [-0.05, 0) is 6.92 Å². The summed E-state index contributed by atoms with van der Waals surface area (Å²) >= 11 is 0. The van der Waals surface area contributed by atoms with Gasteiger partial charge in [0.1, 0.15) is 0 Å². The van der Waals surface area contributed by atoms with Crippen molar-refractivity contribution in [3.05, 3.63) is 23.0 Å². The zero-order chi connectivity index (χ0) is 13.9. The lowest BCUT2D eigenvalue weighted by Gasteiger charge is -2.16. The number of aryl methyl sites for hydroxylation is 1. The van der Waals surface area contributed by atoms with Gasteiger partial charge in [-0.25, -0.2) is 4.79 Å². The molecule has 0 amide bonds. The topological polar surface area (TPSA) is 74.4 Å². The molecule has 0 bridgehead atoms. The standard InChI is InChI=1S/C10H11F3N2O3/c1-5-8(18-10(11,12)13)6(3-14)7(4-15-5)9(16)17-2/h4H,3,14H2,1-2H3. The van der Waals surface area contributed by atoms with Gasteiger partial charge in [-0.3, -0.25) is 4.98 Å². The van der Waals surface area contributed by atoms with Gasteiger partial charge < -0.3 is 15.2 Å². The summed E-state index contributed by atoms with van der Waals surface area (Å²) in [5, 5.41) is 0. The number of rotatable bonds is 3. The molecule has 5 nitrogen and oxygen atoms in total. The van der Waals surface area contributed by atoms with Crippen molar-refractivity contribution in [2.75, 3.05) is 7.11 Å². The number of alkyl halides is 3. The van der Waals surface area contributed by atoms with Gasteiger partial charge in [0.15, 0.2) is 5.75 Å². The predicted octanol–water partition coefficient (Wildman–Crippen LogP) is 1.53. The summed E-state index contributed by atoms with van der Waals surface area (Å²) < 4.78 is 45.0. The van der Waals surface area contributed by atoms with Gasteiger partial charge in [-0.2, -0.15) is 0 Å². The third-order valence-corrected chi connectivity index (χ3v) is 2.14. The minimum atomic E-state index is -4.88. The molecule has 0 aliphatic heterocycles. The van der Waals surface area contributed by atoms with Crippen molar-refractivity contribution in [1.29, 1.82) is 0 Å². The van der Waals surface area contributed by atoms with E-state index in [0.717, 1.165) is 13.3 Å². The van der Waals surface area contributed by atoms with Gasteiger partial charge >= 0.3 is 12.3 Å². The molecule has 18 heavy (non-hydrogen) atoms. The van der Waals surface area contributed by atoms with Gasteiger partial charge in [0, 0.05) is 18.3 Å². The van der Waals surface area contributed by atoms with Gasteiger partial charge in [0.2, 0.25) is 0 Å². The quantitative estimate of drug-likeness (QED) is 0.838. The number of esters is 1. The molecule has 0 radical (unpaired) electrons. The highest BCUT2D eigenvalue weighted by Crippen LogP contribution is 2.30. The number of carbonyl (C=O) groups excluding carboxylic acids is 1. The van der Waals surface area contributed by atoms with E-state index in [1.54, 1.807) is 0 Å². The number of nitrogens with zero attached hydrogens (tertiary/aromatic N) is 1. The van der Waals surface area contributed by atoms with Gasteiger partial charge in [-0.15, -0.1) is 13.2 Å². The fraction of sp³-hybridized carbons (Fsp3) is 0.400. The number of hydrogen-bond donors (Lipinski definition) is 1. The van der Waals surface area contributed by atoms with Crippen molar-refractivity contribution < 1.29 is 27.4 Å². The van der Waals surface area contributed by atoms with Crippen LogP contribution in [0.15, 0.2) is 6.20 Å². The molecule has 1 heterocycles. The van der Waals surface area contributed by atoms with Crippen LogP contribution in [0.25, 0.3) is 0 Å². The number of nitrogens with two attached hydrogens (primary N) is 1. The summed E-state index contributed by atoms with van der Waals surface area (Å²) in [5.74, 6) is -1.39. The van der Waals surface area contributed by atoms with Crippen molar-refractivity contribution in [1.82, 2.24) is 4.98 Å². The van der Waals surface area contributed by atoms with Crippen LogP contribution in [0.4, 0.5) is 13.2 Å². The first-order valence-electron chi connectivity index (χ1n) is 4.82. The fourth-order valence-corrected chi connectivity index (χ4v) is 1.38. The molecule has 1 aromatic rings. The zero-order valence-corrected chi connectivity index (χ0v) is 9.67. The van der Waals surface area contributed by atoms with Crippen LogP contribution in [0.1, 0.15) is 21.6 Å². The first-order valence-corrected chi connectivity index (χ1v) is 4.82. The molecule has 0 saturated heterocycles. The van der Waals surface area contributed by atoms with Crippen LogP contribution in [0, 0.1) is 6.92 Å². The van der Waals surface area contributed by atoms with Crippen molar-refractivity contribution in [2.24, 2.45) is 5.73 Å². The number of halogens is 3. The Morgan fingerprint density at radius 1 is 1.50 bits per heavy atom. The molecule has 0 aromatic carbocycles. The molecule has 0 fully saturated rings. The predicted molar refractivity (Wildman–Crippen MR) is 54.9 cm³/mol. The summed E-state index contributed by atoms with van der Waals surface area (Å²) in [4.78, 5) is 15.0. The lowest BCUT2D eigenvalue weighted by atomic mass is 10.1. The van der Waals surface area contributed by atoms with E-state index in [4.69, 9.17) is 5.73 Å². The molecule has 1 rings (SSSR count). The Kier molecular flexibility index (Phi) is 4.12. The van der Waals surface area contributed by atoms with E-state index in [9.17, 15) is 18.0 Å². The van der Waals surface area contributed by atoms with E-state index in [1.807, 2.05) is 0 Å². The summed E-state index contributed by atoms with van der Waals surface area (Å²) in [6.45, 7) is 1.01. The molecule has 2 N–H and O–H groups in total. The third-order valence-electron chi connectivity index (χ3n) is 2.14. The fourth-order valence-electron chi connectivity index (χ4n) is 1.38. The van der Waals surface area contributed by atoms with Crippen LogP contribution < -0.4 is 10.5 Å². The highest BCUT2D eigenvalue weighted by atomic mass is 19.4. The normalized spacial score (nSPS) is 11.2. The van der Waals surface area contributed by atoms with E-state index in [0.29, 0.717) is 0 Å². The maximum absolute atomic E-state index is 12.2. The molecule has 0 saturated carbocycles. The van der Waals surface area contributed by atoms with E-state index in [1.165, 1.54) is 6.92 Å². The maximum atomic E-state index is 12.2. The number of methoxy groups -OCH3 is 1. The minimum absolute atomic E-state index is 0.0135. The Morgan fingerprint density at radius 2 is 2.11 bits per heavy atom. The minimum Gasteiger partial charge on any atom is -0.465 e. The molecule has 8 heteroatoms. The van der Waals surface area contributed by atoms with Gasteiger partial charge in [0.25, 0.3) is 0 Å². The summed E-state index contributed by atoms with van der Waals surface area (Å²) in [7, 11) is 1.10. The van der Waals surface area contributed by atoms with Crippen molar-refractivity contribution in [3.63, 3.8) is 0 Å². The Bertz CT molecular complexity index is 460. The molecule has 0 unspecified atom stereocenters. The number of aromatic nitrogens is 1. The highest BCUT2D eigenvalue weighted by Gasteiger charge is 2.34. The number of pyridine rings is 1. The Hall–Kier alpha value is -1.83. The van der Waals surface area contributed by atoms with Crippen LogP contribution >= 0.6 is 0 Å². The van der Waals surface area contributed by atoms with Gasteiger partial charge in [-0.1, -0.05) is 0 Å². The lowest BCUT2D eigenvalue weighted by Crippen LogP contribution is -2.21. The second-order valence-corrected chi connectivity index (χ2v) is 3.31. The summed E-state index contributed by atoms with van der Waals surface area (Å²) in [5.41, 5.74) is 5.10. The number of ether oxygens (including phenoxy) is 2. The van der Waals surface area contributed by atoms with Crippen molar-refractivity contribution in [2.45, 2.75) is 19.8 Å². The molecular formula is C10H11F3N2O3. The Balaban J connectivity index is 3.35. The first kappa shape index (κ1) is 14.2. The smallest absolute Gasteiger partial charge is 0.465 e. The van der Waals surface area contributed by atoms with Crippen molar-refractivity contribution in [3.8, 4) is 5.75 Å². The lowest BCUT2D eigenvalue weighted by molar-refractivity contribution is -0.275. The Labute approximate surface area is 101 Å². The second-order valence-electron chi connectivity index (χ2n) is 3.31. The SMILES string of the molecule is COC(=O)c1cnc(C)c(OC(F)(F)F)c1CN. The van der Waals surface area contributed by atoms with Crippen LogP contribution in [-0.2, 0) is 11.3 Å². The van der Waals surface area contributed by atoms with Crippen LogP contribution in [-0.4, -0.2) is 24.4 Å². The van der Waals surface area contributed by atoms with E-state index in [-0.39, 0.29) is 23.4 Å². The average molecular weight is 264 g/mol. The van der Waals surface area contributed by atoms with Gasteiger partial charge in [0.05, 0.1) is 18.4 Å². The Morgan fingerprint density at radius 3 is 2.56 bits per heavy atom. The van der Waals surface area contributed by atoms with Crippen molar-refractivity contribution >= 4 is 5.97 Å². The molecule has 0 aliphatic carbocycles. The van der Waals surface area contributed by atoms with E-state index in [2.05, 4.69) is 14.5 Å². The summed E-state index contributed by atoms with van der Waals surface area (Å²) in [6, 6.07) is 0. The monoisotopic (exact) mass is 264 g/mol. The number of hydrogen-bond acceptors (Lipinski definition) is 5. The largest absolute Gasteiger partial charge is 0.573 e. The van der Waals surface area contributed by atoms with Crippen LogP contribution in [0.5, 0.6) is 5.75 Å². The molecule has 0 spiro atoms. The van der Waals surface area contributed by atoms with Crippen LogP contribution in [0.3, 0.4) is 0 Å². The molecule has 0 atom stereocenters. The molecular weight excluding hydrogens is 253 g/mol. The molecule has 1 aromatic heterocycles. The second kappa shape index (κ2) is 5.21. The zero-order valence-electron chi connectivity index (χ0n) is 9.67. The molecule has 0 aliphatic rings. The van der Waals surface area contributed by atoms with E-state index < -0.39 is 18.1 Å². The van der Waals surface area contributed by atoms with E-state index >= 15 is 0 Å². The number of carbonyl (C=O) groups is 1.